The molecule has 2 aromatic rings. The number of carbonyl (C=O) groups excluding carboxylic acids is 1. The van der Waals surface area contributed by atoms with E-state index in [1.54, 1.807) is 6.07 Å². The standard InChI is InChI=1S/C20H28N2O2/c1-15-11-16(2)14-22(13-15)10-6-5-9-21-20(23)19-12-17-7-3-4-8-18(17)24-19/h3-4,7-8,12,15-16H,5-6,9-11,13-14H2,1-2H3,(H,21,23). The SMILES string of the molecule is CC1CC(C)CN(CCCCNC(=O)c2cc3ccccc3o2)C1. The van der Waals surface area contributed by atoms with Gasteiger partial charge in [0.15, 0.2) is 5.76 Å². The van der Waals surface area contributed by atoms with Crippen LogP contribution in [0.2, 0.25) is 0 Å². The number of hydrogen-bond donors (Lipinski definition) is 1. The second-order valence-corrected chi connectivity index (χ2v) is 7.32. The first-order chi connectivity index (χ1) is 11.6. The van der Waals surface area contributed by atoms with Gasteiger partial charge in [-0.15, -0.1) is 0 Å². The number of nitrogens with one attached hydrogen (secondary N) is 1. The van der Waals surface area contributed by atoms with Gasteiger partial charge in [-0.25, -0.2) is 0 Å². The Bertz CT molecular complexity index is 636. The molecule has 4 nitrogen and oxygen atoms in total. The van der Waals surface area contributed by atoms with Crippen LogP contribution in [0.5, 0.6) is 0 Å². The van der Waals surface area contributed by atoms with Gasteiger partial charge in [0.05, 0.1) is 0 Å². The van der Waals surface area contributed by atoms with E-state index in [4.69, 9.17) is 4.42 Å². The lowest BCUT2D eigenvalue weighted by molar-refractivity contribution is 0.0926. The van der Waals surface area contributed by atoms with Gasteiger partial charge in [-0.1, -0.05) is 32.0 Å². The van der Waals surface area contributed by atoms with Crippen molar-refractivity contribution in [2.24, 2.45) is 11.8 Å². The summed E-state index contributed by atoms with van der Waals surface area (Å²) in [5.74, 6) is 1.89. The number of carbonyl (C=O) groups is 1. The van der Waals surface area contributed by atoms with E-state index in [0.717, 1.165) is 42.2 Å². The summed E-state index contributed by atoms with van der Waals surface area (Å²) in [6.45, 7) is 8.96. The minimum atomic E-state index is -0.119. The number of piperidine rings is 1. The van der Waals surface area contributed by atoms with Crippen LogP contribution < -0.4 is 5.32 Å². The second kappa shape index (κ2) is 7.84. The summed E-state index contributed by atoms with van der Waals surface area (Å²) in [6.07, 6.45) is 3.48. The number of amides is 1. The van der Waals surface area contributed by atoms with Crippen molar-refractivity contribution in [3.63, 3.8) is 0 Å². The van der Waals surface area contributed by atoms with Crippen LogP contribution >= 0.6 is 0 Å². The van der Waals surface area contributed by atoms with Crippen LogP contribution in [0.15, 0.2) is 34.7 Å². The smallest absolute Gasteiger partial charge is 0.287 e. The molecule has 0 bridgehead atoms. The summed E-state index contributed by atoms with van der Waals surface area (Å²) in [4.78, 5) is 14.7. The first-order valence-electron chi connectivity index (χ1n) is 9.11. The maximum atomic E-state index is 12.1. The normalized spacial score (nSPS) is 21.9. The Balaban J connectivity index is 1.38. The number of likely N-dealkylation sites (tertiary alicyclic amines) is 1. The molecular formula is C20H28N2O2. The Hall–Kier alpha value is -1.81. The third kappa shape index (κ3) is 4.38. The predicted molar refractivity (Wildman–Crippen MR) is 97.2 cm³/mol. The molecule has 2 heterocycles. The van der Waals surface area contributed by atoms with Gasteiger partial charge in [0.1, 0.15) is 5.58 Å². The van der Waals surface area contributed by atoms with Crippen molar-refractivity contribution >= 4 is 16.9 Å². The topological polar surface area (TPSA) is 45.5 Å². The molecule has 130 valence electrons. The van der Waals surface area contributed by atoms with Crippen molar-refractivity contribution in [1.29, 1.82) is 0 Å². The molecule has 1 amide bonds. The van der Waals surface area contributed by atoms with E-state index in [-0.39, 0.29) is 5.91 Å². The van der Waals surface area contributed by atoms with Crippen LogP contribution in [0.3, 0.4) is 0 Å². The Kier molecular flexibility index (Phi) is 5.56. The summed E-state index contributed by atoms with van der Waals surface area (Å²) in [6, 6.07) is 9.50. The summed E-state index contributed by atoms with van der Waals surface area (Å²) >= 11 is 0. The number of furan rings is 1. The van der Waals surface area contributed by atoms with E-state index in [1.807, 2.05) is 24.3 Å². The highest BCUT2D eigenvalue weighted by molar-refractivity contribution is 5.95. The number of nitrogens with zero attached hydrogens (tertiary/aromatic N) is 1. The molecule has 0 aliphatic carbocycles. The fraction of sp³-hybridized carbons (Fsp3) is 0.550. The Morgan fingerprint density at radius 2 is 1.96 bits per heavy atom. The summed E-state index contributed by atoms with van der Waals surface area (Å²) in [7, 11) is 0. The molecule has 1 aromatic heterocycles. The Labute approximate surface area is 144 Å². The van der Waals surface area contributed by atoms with Crippen molar-refractivity contribution in [2.75, 3.05) is 26.2 Å². The lowest BCUT2D eigenvalue weighted by Gasteiger charge is -2.34. The van der Waals surface area contributed by atoms with Crippen LogP contribution in [0, 0.1) is 11.8 Å². The van der Waals surface area contributed by atoms with Crippen LogP contribution in [-0.2, 0) is 0 Å². The van der Waals surface area contributed by atoms with Crippen LogP contribution in [0.4, 0.5) is 0 Å². The highest BCUT2D eigenvalue weighted by Gasteiger charge is 2.21. The van der Waals surface area contributed by atoms with Crippen molar-refractivity contribution < 1.29 is 9.21 Å². The molecule has 1 aliphatic heterocycles. The molecule has 0 saturated carbocycles. The molecule has 2 atom stereocenters. The lowest BCUT2D eigenvalue weighted by Crippen LogP contribution is -2.39. The van der Waals surface area contributed by atoms with Gasteiger partial charge in [0.25, 0.3) is 5.91 Å². The maximum Gasteiger partial charge on any atom is 0.287 e. The Morgan fingerprint density at radius 3 is 2.71 bits per heavy atom. The third-order valence-corrected chi connectivity index (χ3v) is 4.78. The van der Waals surface area contributed by atoms with Gasteiger partial charge in [-0.3, -0.25) is 4.79 Å². The maximum absolute atomic E-state index is 12.1. The average Bonchev–Trinajstić information content (AvgIpc) is 2.97. The molecule has 2 unspecified atom stereocenters. The van der Waals surface area contributed by atoms with E-state index in [2.05, 4.69) is 24.1 Å². The number of fused-ring (bicyclic) bond motifs is 1. The van der Waals surface area contributed by atoms with Crippen molar-refractivity contribution in [2.45, 2.75) is 33.1 Å². The number of benzene rings is 1. The largest absolute Gasteiger partial charge is 0.451 e. The van der Waals surface area contributed by atoms with Crippen LogP contribution in [0.1, 0.15) is 43.7 Å². The molecule has 1 fully saturated rings. The van der Waals surface area contributed by atoms with Gasteiger partial charge >= 0.3 is 0 Å². The molecule has 4 heteroatoms. The highest BCUT2D eigenvalue weighted by atomic mass is 16.3. The first kappa shape index (κ1) is 17.0. The van der Waals surface area contributed by atoms with Crippen molar-refractivity contribution in [3.8, 4) is 0 Å². The van der Waals surface area contributed by atoms with Gasteiger partial charge in [-0.05, 0) is 49.8 Å². The predicted octanol–water partition coefficient (Wildman–Crippen LogP) is 3.92. The number of hydrogen-bond acceptors (Lipinski definition) is 3. The van der Waals surface area contributed by atoms with E-state index >= 15 is 0 Å². The molecule has 0 spiro atoms. The lowest BCUT2D eigenvalue weighted by atomic mass is 9.92. The molecule has 1 aromatic carbocycles. The molecule has 1 N–H and O–H groups in total. The molecule has 0 radical (unpaired) electrons. The third-order valence-electron chi connectivity index (χ3n) is 4.78. The molecule has 3 rings (SSSR count). The summed E-state index contributed by atoms with van der Waals surface area (Å²) < 4.78 is 5.59. The summed E-state index contributed by atoms with van der Waals surface area (Å²) in [5.41, 5.74) is 0.760. The van der Waals surface area contributed by atoms with E-state index in [1.165, 1.54) is 19.5 Å². The van der Waals surface area contributed by atoms with E-state index in [0.29, 0.717) is 12.3 Å². The van der Waals surface area contributed by atoms with Crippen molar-refractivity contribution in [3.05, 3.63) is 36.1 Å². The number of unbranched alkanes of at least 4 members (excludes halogenated alkanes) is 1. The zero-order chi connectivity index (χ0) is 16.9. The molecule has 1 saturated heterocycles. The highest BCUT2D eigenvalue weighted by Crippen LogP contribution is 2.21. The minimum absolute atomic E-state index is 0.119. The molecular weight excluding hydrogens is 300 g/mol. The Morgan fingerprint density at radius 1 is 1.21 bits per heavy atom. The average molecular weight is 328 g/mol. The van der Waals surface area contributed by atoms with Gasteiger partial charge in [0, 0.05) is 25.0 Å². The van der Waals surface area contributed by atoms with E-state index in [9.17, 15) is 4.79 Å². The van der Waals surface area contributed by atoms with E-state index < -0.39 is 0 Å². The minimum Gasteiger partial charge on any atom is -0.451 e. The number of para-hydroxylation sites is 1. The van der Waals surface area contributed by atoms with Crippen molar-refractivity contribution in [1.82, 2.24) is 10.2 Å². The zero-order valence-corrected chi connectivity index (χ0v) is 14.8. The fourth-order valence-corrected chi connectivity index (χ4v) is 3.82. The van der Waals surface area contributed by atoms with Crippen LogP contribution in [0.25, 0.3) is 11.0 Å². The van der Waals surface area contributed by atoms with Gasteiger partial charge in [-0.2, -0.15) is 0 Å². The molecule has 24 heavy (non-hydrogen) atoms. The molecule has 1 aliphatic rings. The fourth-order valence-electron chi connectivity index (χ4n) is 3.82. The summed E-state index contributed by atoms with van der Waals surface area (Å²) in [5, 5.41) is 3.93. The zero-order valence-electron chi connectivity index (χ0n) is 14.8. The quantitative estimate of drug-likeness (QED) is 0.818. The van der Waals surface area contributed by atoms with Gasteiger partial charge < -0.3 is 14.6 Å². The van der Waals surface area contributed by atoms with Crippen LogP contribution in [-0.4, -0.2) is 37.0 Å². The second-order valence-electron chi connectivity index (χ2n) is 7.32. The monoisotopic (exact) mass is 328 g/mol. The van der Waals surface area contributed by atoms with Gasteiger partial charge in [0.2, 0.25) is 0 Å². The number of rotatable bonds is 6. The first-order valence-corrected chi connectivity index (χ1v) is 9.11.